The van der Waals surface area contributed by atoms with Crippen LogP contribution in [-0.2, 0) is 0 Å². The predicted molar refractivity (Wildman–Crippen MR) is 71.9 cm³/mol. The molecule has 1 aromatic rings. The van der Waals surface area contributed by atoms with Crippen LogP contribution in [-0.4, -0.2) is 0 Å². The Morgan fingerprint density at radius 1 is 1.18 bits per heavy atom. The second kappa shape index (κ2) is 3.84. The summed E-state index contributed by atoms with van der Waals surface area (Å²) in [6.45, 7) is 4.64. The summed E-state index contributed by atoms with van der Waals surface area (Å²) in [7, 11) is 0. The van der Waals surface area contributed by atoms with E-state index >= 15 is 0 Å². The minimum absolute atomic E-state index is 0.237. The molecule has 2 N–H and O–H groups in total. The quantitative estimate of drug-likeness (QED) is 0.833. The molecule has 17 heavy (non-hydrogen) atoms. The monoisotopic (exact) mass is 229 g/mol. The van der Waals surface area contributed by atoms with Gasteiger partial charge in [-0.1, -0.05) is 44.5 Å². The van der Waals surface area contributed by atoms with Crippen LogP contribution in [0.1, 0.15) is 62.6 Å². The maximum Gasteiger partial charge on any atom is 0.0328 e. The van der Waals surface area contributed by atoms with Crippen molar-refractivity contribution < 1.29 is 0 Å². The Bertz CT molecular complexity index is 400. The molecular weight excluding hydrogens is 206 g/mol. The third-order valence-electron chi connectivity index (χ3n) is 4.92. The van der Waals surface area contributed by atoms with Crippen molar-refractivity contribution in [3.63, 3.8) is 0 Å². The number of hydrogen-bond donors (Lipinski definition) is 1. The van der Waals surface area contributed by atoms with E-state index in [2.05, 4.69) is 38.1 Å². The van der Waals surface area contributed by atoms with Crippen LogP contribution in [0.4, 0.5) is 0 Å². The lowest BCUT2D eigenvalue weighted by atomic mass is 9.79. The highest BCUT2D eigenvalue weighted by atomic mass is 14.7. The molecule has 0 bridgehead atoms. The van der Waals surface area contributed by atoms with Crippen molar-refractivity contribution >= 4 is 0 Å². The summed E-state index contributed by atoms with van der Waals surface area (Å²) in [6.07, 6.45) is 5.43. The van der Waals surface area contributed by atoms with Crippen LogP contribution in [0.5, 0.6) is 0 Å². The highest BCUT2D eigenvalue weighted by Crippen LogP contribution is 2.56. The number of benzene rings is 1. The first-order valence-corrected chi connectivity index (χ1v) is 6.93. The van der Waals surface area contributed by atoms with E-state index in [1.54, 1.807) is 0 Å². The molecule has 92 valence electrons. The van der Waals surface area contributed by atoms with Crippen LogP contribution in [0, 0.1) is 11.3 Å². The van der Waals surface area contributed by atoms with Crippen LogP contribution in [0.15, 0.2) is 24.3 Å². The minimum Gasteiger partial charge on any atom is -0.324 e. The van der Waals surface area contributed by atoms with Gasteiger partial charge in [0.2, 0.25) is 0 Å². The van der Waals surface area contributed by atoms with Crippen LogP contribution in [0.2, 0.25) is 0 Å². The lowest BCUT2D eigenvalue weighted by molar-refractivity contribution is 0.419. The van der Waals surface area contributed by atoms with Crippen LogP contribution in [0.3, 0.4) is 0 Å². The second-order valence-electron chi connectivity index (χ2n) is 6.62. The normalized spacial score (nSPS) is 28.5. The van der Waals surface area contributed by atoms with Gasteiger partial charge in [0.05, 0.1) is 0 Å². The fourth-order valence-corrected chi connectivity index (χ4v) is 3.09. The predicted octanol–water partition coefficient (Wildman–Crippen LogP) is 4.00. The molecule has 2 unspecified atom stereocenters. The van der Waals surface area contributed by atoms with Crippen molar-refractivity contribution in [2.75, 3.05) is 0 Å². The summed E-state index contributed by atoms with van der Waals surface area (Å²) in [5.74, 6) is 1.51. The van der Waals surface area contributed by atoms with Gasteiger partial charge < -0.3 is 5.73 Å². The van der Waals surface area contributed by atoms with E-state index in [4.69, 9.17) is 5.73 Å². The number of hydrogen-bond acceptors (Lipinski definition) is 1. The van der Waals surface area contributed by atoms with Crippen molar-refractivity contribution in [2.24, 2.45) is 17.1 Å². The van der Waals surface area contributed by atoms with Crippen molar-refractivity contribution in [1.29, 1.82) is 0 Å². The SMILES string of the molecule is CC1(C)CC1C(N)c1ccc(C2CCC2)cc1. The molecule has 0 spiro atoms. The fourth-order valence-electron chi connectivity index (χ4n) is 3.09. The molecule has 2 fully saturated rings. The zero-order valence-corrected chi connectivity index (χ0v) is 10.9. The first kappa shape index (κ1) is 11.3. The molecular formula is C16H23N. The van der Waals surface area contributed by atoms with E-state index in [0.717, 1.165) is 5.92 Å². The lowest BCUT2D eigenvalue weighted by Gasteiger charge is -2.26. The molecule has 2 aliphatic carbocycles. The fraction of sp³-hybridized carbons (Fsp3) is 0.625. The van der Waals surface area contributed by atoms with Gasteiger partial charge in [0.1, 0.15) is 0 Å². The molecule has 1 aromatic carbocycles. The molecule has 3 rings (SSSR count). The molecule has 0 radical (unpaired) electrons. The molecule has 0 amide bonds. The average Bonchev–Trinajstić information content (AvgIpc) is 2.85. The molecule has 1 heteroatoms. The molecule has 1 nitrogen and oxygen atoms in total. The van der Waals surface area contributed by atoms with Crippen molar-refractivity contribution in [3.8, 4) is 0 Å². The minimum atomic E-state index is 0.237. The van der Waals surface area contributed by atoms with Crippen LogP contribution >= 0.6 is 0 Å². The Kier molecular flexibility index (Phi) is 2.55. The number of rotatable bonds is 3. The van der Waals surface area contributed by atoms with E-state index in [-0.39, 0.29) is 6.04 Å². The highest BCUT2D eigenvalue weighted by Gasteiger charge is 2.49. The van der Waals surface area contributed by atoms with Crippen molar-refractivity contribution in [2.45, 2.75) is 51.5 Å². The lowest BCUT2D eigenvalue weighted by Crippen LogP contribution is -2.16. The van der Waals surface area contributed by atoms with Crippen molar-refractivity contribution in [3.05, 3.63) is 35.4 Å². The standard InChI is InChI=1S/C16H23N/c1-16(2)10-14(16)15(17)13-8-6-12(7-9-13)11-4-3-5-11/h6-9,11,14-15H,3-5,10,17H2,1-2H3. The first-order valence-electron chi connectivity index (χ1n) is 6.93. The summed E-state index contributed by atoms with van der Waals surface area (Å²) in [6, 6.07) is 9.35. The van der Waals surface area contributed by atoms with E-state index in [0.29, 0.717) is 11.3 Å². The summed E-state index contributed by atoms with van der Waals surface area (Å²) >= 11 is 0. The van der Waals surface area contributed by atoms with E-state index in [1.165, 1.54) is 36.8 Å². The van der Waals surface area contributed by atoms with E-state index in [9.17, 15) is 0 Å². The molecule has 0 saturated heterocycles. The summed E-state index contributed by atoms with van der Waals surface area (Å²) in [5, 5.41) is 0. The smallest absolute Gasteiger partial charge is 0.0328 e. The maximum atomic E-state index is 6.35. The van der Waals surface area contributed by atoms with E-state index < -0.39 is 0 Å². The average molecular weight is 229 g/mol. The largest absolute Gasteiger partial charge is 0.324 e. The zero-order chi connectivity index (χ0) is 12.0. The van der Waals surface area contributed by atoms with Crippen molar-refractivity contribution in [1.82, 2.24) is 0 Å². The van der Waals surface area contributed by atoms with Gasteiger partial charge in [-0.25, -0.2) is 0 Å². The van der Waals surface area contributed by atoms with Gasteiger partial charge in [0.15, 0.2) is 0 Å². The topological polar surface area (TPSA) is 26.0 Å². The van der Waals surface area contributed by atoms with Gasteiger partial charge in [0, 0.05) is 6.04 Å². The van der Waals surface area contributed by atoms with Gasteiger partial charge >= 0.3 is 0 Å². The van der Waals surface area contributed by atoms with Gasteiger partial charge in [-0.05, 0) is 47.6 Å². The second-order valence-corrected chi connectivity index (χ2v) is 6.62. The first-order chi connectivity index (χ1) is 8.08. The molecule has 0 aromatic heterocycles. The summed E-state index contributed by atoms with van der Waals surface area (Å²) in [4.78, 5) is 0. The molecule has 2 atom stereocenters. The summed E-state index contributed by atoms with van der Waals surface area (Å²) < 4.78 is 0. The Balaban J connectivity index is 1.71. The number of nitrogens with two attached hydrogens (primary N) is 1. The Hall–Kier alpha value is -0.820. The Morgan fingerprint density at radius 2 is 1.76 bits per heavy atom. The molecule has 0 aliphatic heterocycles. The molecule has 2 aliphatic rings. The third kappa shape index (κ3) is 2.01. The zero-order valence-electron chi connectivity index (χ0n) is 10.9. The molecule has 2 saturated carbocycles. The van der Waals surface area contributed by atoms with Crippen LogP contribution in [0.25, 0.3) is 0 Å². The van der Waals surface area contributed by atoms with Gasteiger partial charge in [0.25, 0.3) is 0 Å². The third-order valence-corrected chi connectivity index (χ3v) is 4.92. The molecule has 0 heterocycles. The van der Waals surface area contributed by atoms with Gasteiger partial charge in [-0.3, -0.25) is 0 Å². The highest BCUT2D eigenvalue weighted by molar-refractivity contribution is 5.29. The Morgan fingerprint density at radius 3 is 2.18 bits per heavy atom. The van der Waals surface area contributed by atoms with Gasteiger partial charge in [-0.2, -0.15) is 0 Å². The maximum absolute atomic E-state index is 6.35. The van der Waals surface area contributed by atoms with E-state index in [1.807, 2.05) is 0 Å². The Labute approximate surface area is 104 Å². The van der Waals surface area contributed by atoms with Crippen LogP contribution < -0.4 is 5.73 Å². The van der Waals surface area contributed by atoms with Gasteiger partial charge in [-0.15, -0.1) is 0 Å². The summed E-state index contributed by atoms with van der Waals surface area (Å²) in [5.41, 5.74) is 9.65.